The molecule has 1 aliphatic carbocycles. The minimum atomic E-state index is -1.06. The molecule has 0 amide bonds. The van der Waals surface area contributed by atoms with E-state index in [1.54, 1.807) is 18.2 Å². The van der Waals surface area contributed by atoms with Crippen molar-refractivity contribution in [1.29, 1.82) is 0 Å². The number of aliphatic hydroxyl groups is 1. The number of aliphatic hydroxyl groups excluding tert-OH is 1. The zero-order chi connectivity index (χ0) is 14.8. The van der Waals surface area contributed by atoms with E-state index < -0.39 is 17.4 Å². The molecule has 0 bridgehead atoms. The van der Waals surface area contributed by atoms with Gasteiger partial charge in [0, 0.05) is 12.0 Å². The number of fused-ring (bicyclic) bond motifs is 1. The smallest absolute Gasteiger partial charge is 0.304 e. The number of rotatable bonds is 6. The van der Waals surface area contributed by atoms with Gasteiger partial charge in [-0.3, -0.25) is 9.59 Å². The third kappa shape index (κ3) is 2.44. The minimum absolute atomic E-state index is 0.138. The Morgan fingerprint density at radius 2 is 1.65 bits per heavy atom. The first kappa shape index (κ1) is 14.3. The maximum atomic E-state index is 11.2. The Morgan fingerprint density at radius 1 is 1.05 bits per heavy atom. The molecule has 0 spiro atoms. The molecule has 0 saturated heterocycles. The van der Waals surface area contributed by atoms with Crippen molar-refractivity contribution in [2.75, 3.05) is 6.61 Å². The normalized spacial score (nSPS) is 15.6. The SMILES string of the molecule is O=C(O)CC1(CC(=O)O)C(CCO)=Cc2ccccc21. The monoisotopic (exact) mass is 276 g/mol. The first-order chi connectivity index (χ1) is 9.49. The van der Waals surface area contributed by atoms with Gasteiger partial charge in [0.15, 0.2) is 0 Å². The van der Waals surface area contributed by atoms with Crippen molar-refractivity contribution in [3.63, 3.8) is 0 Å². The van der Waals surface area contributed by atoms with Crippen LogP contribution < -0.4 is 0 Å². The van der Waals surface area contributed by atoms with Crippen molar-refractivity contribution in [2.24, 2.45) is 0 Å². The lowest BCUT2D eigenvalue weighted by Gasteiger charge is -2.31. The van der Waals surface area contributed by atoms with Gasteiger partial charge in [-0.2, -0.15) is 0 Å². The summed E-state index contributed by atoms with van der Waals surface area (Å²) < 4.78 is 0. The molecule has 0 heterocycles. The number of carboxylic acid groups (broad SMARTS) is 2. The Morgan fingerprint density at radius 3 is 2.20 bits per heavy atom. The predicted molar refractivity (Wildman–Crippen MR) is 72.3 cm³/mol. The first-order valence-electron chi connectivity index (χ1n) is 6.34. The molecule has 0 unspecified atom stereocenters. The van der Waals surface area contributed by atoms with Gasteiger partial charge in [-0.15, -0.1) is 0 Å². The molecule has 5 nitrogen and oxygen atoms in total. The summed E-state index contributed by atoms with van der Waals surface area (Å²) in [5.41, 5.74) is 1.16. The Balaban J connectivity index is 2.57. The largest absolute Gasteiger partial charge is 0.481 e. The van der Waals surface area contributed by atoms with E-state index in [1.165, 1.54) is 0 Å². The van der Waals surface area contributed by atoms with E-state index in [-0.39, 0.29) is 25.9 Å². The Labute approximate surface area is 116 Å². The zero-order valence-electron chi connectivity index (χ0n) is 10.9. The highest BCUT2D eigenvalue weighted by Gasteiger charge is 2.44. The molecule has 0 radical (unpaired) electrons. The van der Waals surface area contributed by atoms with E-state index in [2.05, 4.69) is 0 Å². The van der Waals surface area contributed by atoms with E-state index in [0.29, 0.717) is 11.1 Å². The van der Waals surface area contributed by atoms with E-state index >= 15 is 0 Å². The van der Waals surface area contributed by atoms with Gasteiger partial charge in [-0.25, -0.2) is 0 Å². The summed E-state index contributed by atoms with van der Waals surface area (Å²) in [5.74, 6) is -2.10. The lowest BCUT2D eigenvalue weighted by atomic mass is 9.71. The molecule has 0 aliphatic heterocycles. The van der Waals surface area contributed by atoms with Crippen LogP contribution in [0.2, 0.25) is 0 Å². The highest BCUT2D eigenvalue weighted by molar-refractivity contribution is 5.81. The number of carboxylic acids is 2. The molecule has 0 atom stereocenters. The Hall–Kier alpha value is -2.14. The maximum Gasteiger partial charge on any atom is 0.304 e. The highest BCUT2D eigenvalue weighted by Crippen LogP contribution is 2.48. The van der Waals surface area contributed by atoms with Crippen LogP contribution in [0.15, 0.2) is 29.8 Å². The van der Waals surface area contributed by atoms with E-state index in [0.717, 1.165) is 5.56 Å². The predicted octanol–water partition coefficient (Wildman–Crippen LogP) is 1.65. The van der Waals surface area contributed by atoms with Crippen LogP contribution in [0.25, 0.3) is 6.08 Å². The second kappa shape index (κ2) is 5.46. The summed E-state index contributed by atoms with van der Waals surface area (Å²) in [6, 6.07) is 7.19. The fourth-order valence-corrected chi connectivity index (χ4v) is 2.99. The van der Waals surface area contributed by atoms with Crippen LogP contribution in [0.3, 0.4) is 0 Å². The van der Waals surface area contributed by atoms with Crippen LogP contribution in [0, 0.1) is 0 Å². The van der Waals surface area contributed by atoms with Gasteiger partial charge in [0.1, 0.15) is 0 Å². The van der Waals surface area contributed by atoms with Gasteiger partial charge in [-0.05, 0) is 17.5 Å². The number of hydrogen-bond donors (Lipinski definition) is 3. The molecule has 20 heavy (non-hydrogen) atoms. The van der Waals surface area contributed by atoms with Crippen molar-refractivity contribution in [2.45, 2.75) is 24.7 Å². The van der Waals surface area contributed by atoms with Crippen molar-refractivity contribution < 1.29 is 24.9 Å². The summed E-state index contributed by atoms with van der Waals surface area (Å²) in [4.78, 5) is 22.4. The molecule has 1 aromatic carbocycles. The van der Waals surface area contributed by atoms with Gasteiger partial charge < -0.3 is 15.3 Å². The molecule has 0 aromatic heterocycles. The Bertz CT molecular complexity index is 557. The van der Waals surface area contributed by atoms with Gasteiger partial charge in [0.05, 0.1) is 12.8 Å². The zero-order valence-corrected chi connectivity index (χ0v) is 10.9. The molecule has 0 fully saturated rings. The summed E-state index contributed by atoms with van der Waals surface area (Å²) in [6.45, 7) is -0.138. The molecule has 106 valence electrons. The van der Waals surface area contributed by atoms with E-state index in [9.17, 15) is 24.9 Å². The quantitative estimate of drug-likeness (QED) is 0.734. The van der Waals surface area contributed by atoms with Crippen LogP contribution in [-0.4, -0.2) is 33.9 Å². The third-order valence-corrected chi connectivity index (χ3v) is 3.71. The summed E-state index contributed by atoms with van der Waals surface area (Å²) in [5, 5.41) is 27.5. The molecule has 5 heteroatoms. The third-order valence-electron chi connectivity index (χ3n) is 3.71. The fourth-order valence-electron chi connectivity index (χ4n) is 2.99. The molecular formula is C15H16O5. The fraction of sp³-hybridized carbons (Fsp3) is 0.333. The molecule has 0 saturated carbocycles. The van der Waals surface area contributed by atoms with Gasteiger partial charge in [0.2, 0.25) is 0 Å². The summed E-state index contributed by atoms with van der Waals surface area (Å²) in [6.07, 6.45) is 1.50. The lowest BCUT2D eigenvalue weighted by molar-refractivity contribution is -0.140. The Kier molecular flexibility index (Phi) is 3.90. The lowest BCUT2D eigenvalue weighted by Crippen LogP contribution is -2.33. The van der Waals surface area contributed by atoms with Crippen LogP contribution in [0.4, 0.5) is 0 Å². The van der Waals surface area contributed by atoms with Crippen molar-refractivity contribution in [1.82, 2.24) is 0 Å². The van der Waals surface area contributed by atoms with Crippen LogP contribution in [0.5, 0.6) is 0 Å². The maximum absolute atomic E-state index is 11.2. The highest BCUT2D eigenvalue weighted by atomic mass is 16.4. The minimum Gasteiger partial charge on any atom is -0.481 e. The van der Waals surface area contributed by atoms with Crippen molar-refractivity contribution in [3.05, 3.63) is 41.0 Å². The molecule has 2 rings (SSSR count). The second-order valence-electron chi connectivity index (χ2n) is 4.95. The number of benzene rings is 1. The van der Waals surface area contributed by atoms with Crippen molar-refractivity contribution >= 4 is 18.0 Å². The molecule has 1 aliphatic rings. The number of aliphatic carboxylic acids is 2. The molecule has 3 N–H and O–H groups in total. The standard InChI is InChI=1S/C15H16O5/c16-6-5-11-7-10-3-1-2-4-12(10)15(11,8-13(17)18)9-14(19)20/h1-4,7,16H,5-6,8-9H2,(H,17,18)(H,19,20). The number of hydrogen-bond acceptors (Lipinski definition) is 3. The molecule has 1 aromatic rings. The average molecular weight is 276 g/mol. The summed E-state index contributed by atoms with van der Waals surface area (Å²) in [7, 11) is 0. The second-order valence-corrected chi connectivity index (χ2v) is 4.95. The topological polar surface area (TPSA) is 94.8 Å². The molecular weight excluding hydrogens is 260 g/mol. The van der Waals surface area contributed by atoms with Crippen LogP contribution in [0.1, 0.15) is 30.4 Å². The first-order valence-corrected chi connectivity index (χ1v) is 6.34. The van der Waals surface area contributed by atoms with Gasteiger partial charge >= 0.3 is 11.9 Å². The van der Waals surface area contributed by atoms with Crippen LogP contribution >= 0.6 is 0 Å². The van der Waals surface area contributed by atoms with Gasteiger partial charge in [-0.1, -0.05) is 35.9 Å². The summed E-state index contributed by atoms with van der Waals surface area (Å²) >= 11 is 0. The van der Waals surface area contributed by atoms with Gasteiger partial charge in [0.25, 0.3) is 0 Å². The average Bonchev–Trinajstić information content (AvgIpc) is 2.63. The van der Waals surface area contributed by atoms with Crippen LogP contribution in [-0.2, 0) is 15.0 Å². The number of carbonyl (C=O) groups is 2. The van der Waals surface area contributed by atoms with E-state index in [1.807, 2.05) is 12.1 Å². The van der Waals surface area contributed by atoms with E-state index in [4.69, 9.17) is 0 Å². The van der Waals surface area contributed by atoms with Crippen molar-refractivity contribution in [3.8, 4) is 0 Å².